The van der Waals surface area contributed by atoms with Gasteiger partial charge in [0.2, 0.25) is 11.6 Å². The average molecular weight is 575 g/mol. The lowest BCUT2D eigenvalue weighted by Crippen LogP contribution is -2.45. The second kappa shape index (κ2) is 11.6. The molecule has 0 radical (unpaired) electrons. The van der Waals surface area contributed by atoms with Crippen LogP contribution in [-0.4, -0.2) is 56.0 Å². The highest BCUT2D eigenvalue weighted by atomic mass is 19.4. The molecule has 0 bridgehead atoms. The Morgan fingerprint density at radius 3 is 2.41 bits per heavy atom. The fraction of sp³-hybridized carbons (Fsp3) is 0.333. The number of benzene rings is 2. The molecule has 0 unspecified atom stereocenters. The van der Waals surface area contributed by atoms with Gasteiger partial charge in [0, 0.05) is 16.7 Å². The minimum atomic E-state index is -4.77. The molecule has 4 aromatic rings. The van der Waals surface area contributed by atoms with E-state index in [-0.39, 0.29) is 29.7 Å². The molecule has 1 aliphatic carbocycles. The van der Waals surface area contributed by atoms with Crippen molar-refractivity contribution < 1.29 is 47.1 Å². The van der Waals surface area contributed by atoms with Crippen molar-refractivity contribution in [1.82, 2.24) is 20.6 Å². The van der Waals surface area contributed by atoms with Gasteiger partial charge in [-0.25, -0.2) is 4.79 Å². The zero-order valence-electron chi connectivity index (χ0n) is 21.3. The zero-order valence-corrected chi connectivity index (χ0v) is 21.3. The van der Waals surface area contributed by atoms with Crippen LogP contribution >= 0.6 is 0 Å². The molecule has 2 aromatic heterocycles. The number of hydrogen-bond acceptors (Lipinski definition) is 9. The summed E-state index contributed by atoms with van der Waals surface area (Å²) in [6.45, 7) is 1.13. The number of carbonyl (C=O) groups is 1. The SMILES string of the molecule is O=C(O)O.O[C@@H]1c2ccc(-c3noc(-c4onc(-c5ccccc5)c4C(F)(F)F)n3)cc2OC[C@@H]1NCC1CCC1. The number of alkyl halides is 3. The molecule has 41 heavy (non-hydrogen) atoms. The Morgan fingerprint density at radius 1 is 1.02 bits per heavy atom. The van der Waals surface area contributed by atoms with E-state index in [1.165, 1.54) is 31.4 Å². The third-order valence-corrected chi connectivity index (χ3v) is 6.93. The summed E-state index contributed by atoms with van der Waals surface area (Å²) >= 11 is 0. The maximum absolute atomic E-state index is 14.0. The summed E-state index contributed by atoms with van der Waals surface area (Å²) in [5.41, 5.74) is -0.133. The van der Waals surface area contributed by atoms with E-state index in [9.17, 15) is 18.3 Å². The number of aromatic nitrogens is 3. The van der Waals surface area contributed by atoms with Crippen LogP contribution in [0.25, 0.3) is 34.3 Å². The van der Waals surface area contributed by atoms with Crippen LogP contribution in [0.15, 0.2) is 57.6 Å². The number of nitrogens with zero attached hydrogens (tertiary/aromatic N) is 3. The van der Waals surface area contributed by atoms with Gasteiger partial charge < -0.3 is 34.4 Å². The number of halogens is 3. The highest BCUT2D eigenvalue weighted by Gasteiger charge is 2.43. The van der Waals surface area contributed by atoms with E-state index in [0.717, 1.165) is 6.54 Å². The second-order valence-corrected chi connectivity index (χ2v) is 9.62. The van der Waals surface area contributed by atoms with Gasteiger partial charge in [0.25, 0.3) is 5.89 Å². The van der Waals surface area contributed by atoms with Crippen molar-refractivity contribution in [3.8, 4) is 40.0 Å². The van der Waals surface area contributed by atoms with Crippen LogP contribution in [0.5, 0.6) is 5.75 Å². The van der Waals surface area contributed by atoms with E-state index in [4.69, 9.17) is 28.8 Å². The Morgan fingerprint density at radius 2 is 1.76 bits per heavy atom. The molecule has 4 N–H and O–H groups in total. The highest BCUT2D eigenvalue weighted by molar-refractivity contribution is 5.71. The van der Waals surface area contributed by atoms with Gasteiger partial charge in [0.15, 0.2) is 0 Å². The Hall–Kier alpha value is -4.43. The number of carboxylic acid groups (broad SMARTS) is 2. The molecule has 2 aromatic carbocycles. The van der Waals surface area contributed by atoms with Crippen LogP contribution in [0.4, 0.5) is 18.0 Å². The van der Waals surface area contributed by atoms with Gasteiger partial charge in [0.1, 0.15) is 29.7 Å². The maximum Gasteiger partial charge on any atom is 0.503 e. The van der Waals surface area contributed by atoms with Gasteiger partial charge in [-0.05, 0) is 31.4 Å². The summed E-state index contributed by atoms with van der Waals surface area (Å²) in [6.07, 6.45) is -3.70. The van der Waals surface area contributed by atoms with E-state index in [1.54, 1.807) is 36.4 Å². The third kappa shape index (κ3) is 6.18. The van der Waals surface area contributed by atoms with Crippen LogP contribution in [0, 0.1) is 5.92 Å². The van der Waals surface area contributed by atoms with Crippen molar-refractivity contribution in [2.75, 3.05) is 13.2 Å². The predicted octanol–water partition coefficient (Wildman–Crippen LogP) is 5.48. The summed E-state index contributed by atoms with van der Waals surface area (Å²) in [5, 5.41) is 35.6. The van der Waals surface area contributed by atoms with Gasteiger partial charge in [-0.3, -0.25) is 0 Å². The van der Waals surface area contributed by atoms with E-state index < -0.39 is 35.7 Å². The van der Waals surface area contributed by atoms with Gasteiger partial charge in [0.05, 0.1) is 6.04 Å². The molecule has 1 fully saturated rings. The quantitative estimate of drug-likeness (QED) is 0.230. The number of hydrogen-bond donors (Lipinski definition) is 4. The van der Waals surface area contributed by atoms with Crippen LogP contribution < -0.4 is 10.1 Å². The molecule has 2 aliphatic rings. The first-order valence-electron chi connectivity index (χ1n) is 12.7. The summed E-state index contributed by atoms with van der Waals surface area (Å²) in [7, 11) is 0. The average Bonchev–Trinajstić information content (AvgIpc) is 3.57. The normalized spacial score (nSPS) is 18.4. The maximum atomic E-state index is 14.0. The molecule has 216 valence electrons. The highest BCUT2D eigenvalue weighted by Crippen LogP contribution is 2.43. The monoisotopic (exact) mass is 574 g/mol. The summed E-state index contributed by atoms with van der Waals surface area (Å²) in [4.78, 5) is 12.7. The topological polar surface area (TPSA) is 164 Å². The van der Waals surface area contributed by atoms with E-state index in [2.05, 4.69) is 20.6 Å². The number of aliphatic hydroxyl groups is 1. The molecule has 3 heterocycles. The van der Waals surface area contributed by atoms with Crippen LogP contribution in [0.2, 0.25) is 0 Å². The first-order valence-corrected chi connectivity index (χ1v) is 12.7. The van der Waals surface area contributed by atoms with E-state index >= 15 is 0 Å². The first-order chi connectivity index (χ1) is 19.6. The zero-order chi connectivity index (χ0) is 29.1. The van der Waals surface area contributed by atoms with Crippen LogP contribution in [-0.2, 0) is 6.18 Å². The Labute approximate surface area is 230 Å². The molecule has 6 rings (SSSR count). The molecule has 0 spiro atoms. The van der Waals surface area contributed by atoms with E-state index in [0.29, 0.717) is 22.8 Å². The molecule has 1 aliphatic heterocycles. The lowest BCUT2D eigenvalue weighted by Gasteiger charge is -2.34. The Kier molecular flexibility index (Phi) is 7.94. The third-order valence-electron chi connectivity index (χ3n) is 6.93. The van der Waals surface area contributed by atoms with Crippen molar-refractivity contribution >= 4 is 6.16 Å². The largest absolute Gasteiger partial charge is 0.503 e. The standard InChI is InChI=1S/C26H23F3N4O4.CH2O3/c27-26(28,29)20-21(15-7-2-1-3-8-15)32-36-23(20)25-31-24(33-37-25)16-9-10-17-19(11-16)35-13-18(22(17)34)30-12-14-5-4-6-14;2-1(3)4/h1-3,7-11,14,18,22,30,34H,4-6,12-13H2;(H2,2,3,4)/t18-,22+;/m0./s1. The molecular formula is C27H25F3N4O7. The number of rotatable bonds is 6. The van der Waals surface area contributed by atoms with Crippen molar-refractivity contribution in [2.24, 2.45) is 5.92 Å². The first kappa shape index (κ1) is 28.1. The fourth-order valence-corrected chi connectivity index (χ4v) is 4.64. The van der Waals surface area contributed by atoms with Crippen molar-refractivity contribution in [3.05, 3.63) is 59.7 Å². The molecule has 0 amide bonds. The molecule has 14 heteroatoms. The molecular weight excluding hydrogens is 549 g/mol. The number of nitrogens with one attached hydrogen (secondary N) is 1. The smallest absolute Gasteiger partial charge is 0.491 e. The lowest BCUT2D eigenvalue weighted by atomic mass is 9.85. The minimum Gasteiger partial charge on any atom is -0.491 e. The van der Waals surface area contributed by atoms with Crippen molar-refractivity contribution in [3.63, 3.8) is 0 Å². The van der Waals surface area contributed by atoms with Crippen molar-refractivity contribution in [1.29, 1.82) is 0 Å². The van der Waals surface area contributed by atoms with Gasteiger partial charge in [-0.1, -0.05) is 59.2 Å². The Balaban J connectivity index is 0.000000794. The molecule has 11 nitrogen and oxygen atoms in total. The summed E-state index contributed by atoms with van der Waals surface area (Å²) in [6, 6.07) is 12.7. The van der Waals surface area contributed by atoms with Gasteiger partial charge >= 0.3 is 12.3 Å². The molecule has 0 saturated heterocycles. The second-order valence-electron chi connectivity index (χ2n) is 9.62. The molecule has 1 saturated carbocycles. The Bertz CT molecular complexity index is 1500. The number of aliphatic hydroxyl groups excluding tert-OH is 1. The van der Waals surface area contributed by atoms with Crippen molar-refractivity contribution in [2.45, 2.75) is 37.6 Å². The molecule has 2 atom stereocenters. The van der Waals surface area contributed by atoms with Crippen LogP contribution in [0.1, 0.15) is 36.5 Å². The fourth-order valence-electron chi connectivity index (χ4n) is 4.64. The van der Waals surface area contributed by atoms with Gasteiger partial charge in [-0.15, -0.1) is 0 Å². The number of fused-ring (bicyclic) bond motifs is 1. The lowest BCUT2D eigenvalue weighted by molar-refractivity contribution is -0.137. The van der Waals surface area contributed by atoms with Crippen LogP contribution in [0.3, 0.4) is 0 Å². The van der Waals surface area contributed by atoms with Gasteiger partial charge in [-0.2, -0.15) is 18.2 Å². The predicted molar refractivity (Wildman–Crippen MR) is 136 cm³/mol. The number of ether oxygens (including phenoxy) is 1. The summed E-state index contributed by atoms with van der Waals surface area (Å²) < 4.78 is 58.0. The summed E-state index contributed by atoms with van der Waals surface area (Å²) in [5.74, 6) is 0.0485. The van der Waals surface area contributed by atoms with E-state index in [1.807, 2.05) is 0 Å². The minimum absolute atomic E-state index is 0.0481.